The molecule has 0 saturated carbocycles. The van der Waals surface area contributed by atoms with E-state index in [1.54, 1.807) is 0 Å². The van der Waals surface area contributed by atoms with Crippen LogP contribution in [-0.4, -0.2) is 46.1 Å². The van der Waals surface area contributed by atoms with Crippen molar-refractivity contribution >= 4 is 24.8 Å². The van der Waals surface area contributed by atoms with Gasteiger partial charge in [-0.2, -0.15) is 4.98 Å². The molecule has 6 nitrogen and oxygen atoms in total. The Labute approximate surface area is 174 Å². The molecule has 8 heteroatoms. The van der Waals surface area contributed by atoms with Gasteiger partial charge in [-0.05, 0) is 24.4 Å². The number of nitrogens with zero attached hydrogens (tertiary/aromatic N) is 4. The second-order valence-corrected chi connectivity index (χ2v) is 7.35. The minimum atomic E-state index is 0. The zero-order chi connectivity index (χ0) is 17.8. The van der Waals surface area contributed by atoms with Crippen LogP contribution < -0.4 is 5.73 Å². The number of hydrogen-bond donors (Lipinski definition) is 1. The van der Waals surface area contributed by atoms with Crippen LogP contribution in [0.5, 0.6) is 0 Å². The van der Waals surface area contributed by atoms with E-state index in [4.69, 9.17) is 10.3 Å². The maximum Gasteiger partial charge on any atom is 0.240 e. The van der Waals surface area contributed by atoms with E-state index in [1.807, 2.05) is 0 Å². The van der Waals surface area contributed by atoms with Gasteiger partial charge in [-0.3, -0.25) is 9.80 Å². The van der Waals surface area contributed by atoms with Gasteiger partial charge in [0.05, 0.1) is 13.1 Å². The third-order valence-electron chi connectivity index (χ3n) is 5.09. The van der Waals surface area contributed by atoms with Crippen molar-refractivity contribution in [3.8, 4) is 0 Å². The Morgan fingerprint density at radius 2 is 1.78 bits per heavy atom. The number of rotatable bonds is 6. The van der Waals surface area contributed by atoms with E-state index in [1.165, 1.54) is 5.56 Å². The molecule has 3 rings (SSSR count). The van der Waals surface area contributed by atoms with Crippen LogP contribution >= 0.6 is 24.8 Å². The second kappa shape index (κ2) is 11.0. The Morgan fingerprint density at radius 1 is 1.15 bits per heavy atom. The van der Waals surface area contributed by atoms with Crippen molar-refractivity contribution in [2.24, 2.45) is 17.6 Å². The Bertz CT molecular complexity index is 657. The third-order valence-corrected chi connectivity index (χ3v) is 5.09. The molecular weight excluding hydrogens is 385 g/mol. The lowest BCUT2D eigenvalue weighted by molar-refractivity contribution is 0.0277. The van der Waals surface area contributed by atoms with Gasteiger partial charge in [0.2, 0.25) is 5.89 Å². The van der Waals surface area contributed by atoms with Gasteiger partial charge in [0.25, 0.3) is 0 Å². The van der Waals surface area contributed by atoms with Gasteiger partial charge in [0.15, 0.2) is 5.82 Å². The fourth-order valence-electron chi connectivity index (χ4n) is 4.27. The molecule has 0 aliphatic carbocycles. The summed E-state index contributed by atoms with van der Waals surface area (Å²) in [7, 11) is 2.16. The summed E-state index contributed by atoms with van der Waals surface area (Å²) >= 11 is 0. The molecule has 0 radical (unpaired) electrons. The maximum atomic E-state index is 5.54. The van der Waals surface area contributed by atoms with E-state index in [0.717, 1.165) is 19.6 Å². The first-order valence-electron chi connectivity index (χ1n) is 9.05. The highest BCUT2D eigenvalue weighted by atomic mass is 35.5. The SMILES string of the molecule is CC1CN(Cc2ccccc2)CC(C)C1N(C)Cc1noc(CN)n1.Cl.Cl. The van der Waals surface area contributed by atoms with Crippen molar-refractivity contribution < 1.29 is 4.52 Å². The summed E-state index contributed by atoms with van der Waals surface area (Å²) in [5.41, 5.74) is 6.93. The van der Waals surface area contributed by atoms with Crippen LogP contribution in [0.15, 0.2) is 34.9 Å². The molecule has 1 aliphatic rings. The summed E-state index contributed by atoms with van der Waals surface area (Å²) in [6, 6.07) is 11.2. The van der Waals surface area contributed by atoms with Gasteiger partial charge < -0.3 is 10.3 Å². The summed E-state index contributed by atoms with van der Waals surface area (Å²) in [5.74, 6) is 2.38. The molecule has 1 aromatic heterocycles. The predicted molar refractivity (Wildman–Crippen MR) is 112 cm³/mol. The molecule has 1 saturated heterocycles. The van der Waals surface area contributed by atoms with Gasteiger partial charge in [-0.25, -0.2) is 0 Å². The lowest BCUT2D eigenvalue weighted by Crippen LogP contribution is -2.53. The van der Waals surface area contributed by atoms with Crippen molar-refractivity contribution in [1.82, 2.24) is 19.9 Å². The summed E-state index contributed by atoms with van der Waals surface area (Å²) < 4.78 is 5.12. The number of aromatic nitrogens is 2. The minimum Gasteiger partial charge on any atom is -0.338 e. The maximum absolute atomic E-state index is 5.54. The van der Waals surface area contributed by atoms with Crippen molar-refractivity contribution in [1.29, 1.82) is 0 Å². The van der Waals surface area contributed by atoms with Crippen LogP contribution in [0.25, 0.3) is 0 Å². The highest BCUT2D eigenvalue weighted by Gasteiger charge is 2.34. The topological polar surface area (TPSA) is 71.4 Å². The molecule has 0 spiro atoms. The number of nitrogens with two attached hydrogens (primary N) is 1. The Kier molecular flexibility index (Phi) is 9.70. The van der Waals surface area contributed by atoms with Crippen molar-refractivity contribution in [2.45, 2.75) is 39.5 Å². The number of halogens is 2. The van der Waals surface area contributed by atoms with Crippen LogP contribution in [0.1, 0.15) is 31.1 Å². The first-order chi connectivity index (χ1) is 12.1. The highest BCUT2D eigenvalue weighted by Crippen LogP contribution is 2.28. The predicted octanol–water partition coefficient (Wildman–Crippen LogP) is 2.96. The number of benzene rings is 1. The first-order valence-corrected chi connectivity index (χ1v) is 9.05. The smallest absolute Gasteiger partial charge is 0.240 e. The average Bonchev–Trinajstić information content (AvgIpc) is 3.02. The molecule has 152 valence electrons. The molecule has 1 fully saturated rings. The van der Waals surface area contributed by atoms with Crippen LogP contribution in [0.3, 0.4) is 0 Å². The zero-order valence-electron chi connectivity index (χ0n) is 16.2. The summed E-state index contributed by atoms with van der Waals surface area (Å²) in [5, 5.41) is 4.02. The molecule has 2 aromatic rings. The van der Waals surface area contributed by atoms with E-state index in [0.29, 0.717) is 42.7 Å². The summed E-state index contributed by atoms with van der Waals surface area (Å²) in [4.78, 5) is 9.26. The van der Waals surface area contributed by atoms with Crippen LogP contribution in [0.4, 0.5) is 0 Å². The Balaban J connectivity index is 0.00000182. The quantitative estimate of drug-likeness (QED) is 0.781. The van der Waals surface area contributed by atoms with E-state index in [-0.39, 0.29) is 24.8 Å². The monoisotopic (exact) mass is 415 g/mol. The zero-order valence-corrected chi connectivity index (χ0v) is 17.9. The lowest BCUT2D eigenvalue weighted by Gasteiger charge is -2.45. The standard InChI is InChI=1S/C19H29N5O.2ClH/c1-14-10-24(12-16-7-5-4-6-8-16)11-15(2)19(14)23(3)13-17-21-18(9-20)25-22-17;;/h4-8,14-15,19H,9-13,20H2,1-3H3;2*1H. The van der Waals surface area contributed by atoms with E-state index in [2.05, 4.69) is 71.2 Å². The molecule has 2 unspecified atom stereocenters. The normalized spacial score (nSPS) is 22.9. The molecule has 0 amide bonds. The van der Waals surface area contributed by atoms with Crippen molar-refractivity contribution in [2.75, 3.05) is 20.1 Å². The summed E-state index contributed by atoms with van der Waals surface area (Å²) in [6.45, 7) is 8.91. The minimum absolute atomic E-state index is 0. The molecule has 1 aliphatic heterocycles. The fourth-order valence-corrected chi connectivity index (χ4v) is 4.27. The van der Waals surface area contributed by atoms with Gasteiger partial charge in [-0.15, -0.1) is 24.8 Å². The molecule has 2 N–H and O–H groups in total. The molecule has 0 bridgehead atoms. The van der Waals surface area contributed by atoms with Crippen molar-refractivity contribution in [3.05, 3.63) is 47.6 Å². The van der Waals surface area contributed by atoms with Gasteiger partial charge in [-0.1, -0.05) is 49.3 Å². The molecule has 2 heterocycles. The number of hydrogen-bond acceptors (Lipinski definition) is 6. The van der Waals surface area contributed by atoms with E-state index < -0.39 is 0 Å². The Morgan fingerprint density at radius 3 is 2.33 bits per heavy atom. The first kappa shape index (κ1) is 23.9. The number of piperidine rings is 1. The van der Waals surface area contributed by atoms with E-state index in [9.17, 15) is 0 Å². The number of likely N-dealkylation sites (tertiary alicyclic amines) is 1. The van der Waals surface area contributed by atoms with Gasteiger partial charge in [0, 0.05) is 25.7 Å². The summed E-state index contributed by atoms with van der Waals surface area (Å²) in [6.07, 6.45) is 0. The fraction of sp³-hybridized carbons (Fsp3) is 0.579. The van der Waals surface area contributed by atoms with Crippen LogP contribution in [0, 0.1) is 11.8 Å². The van der Waals surface area contributed by atoms with Crippen LogP contribution in [-0.2, 0) is 19.6 Å². The van der Waals surface area contributed by atoms with Gasteiger partial charge >= 0.3 is 0 Å². The molecule has 2 atom stereocenters. The molecular formula is C19H31Cl2N5O. The lowest BCUT2D eigenvalue weighted by atomic mass is 9.84. The average molecular weight is 416 g/mol. The Hall–Kier alpha value is -1.18. The van der Waals surface area contributed by atoms with Crippen molar-refractivity contribution in [3.63, 3.8) is 0 Å². The highest BCUT2D eigenvalue weighted by molar-refractivity contribution is 5.85. The third kappa shape index (κ3) is 6.16. The second-order valence-electron chi connectivity index (χ2n) is 7.35. The largest absolute Gasteiger partial charge is 0.338 e. The van der Waals surface area contributed by atoms with E-state index >= 15 is 0 Å². The molecule has 27 heavy (non-hydrogen) atoms. The van der Waals surface area contributed by atoms with Gasteiger partial charge in [0.1, 0.15) is 0 Å². The molecule has 1 aromatic carbocycles. The van der Waals surface area contributed by atoms with Crippen LogP contribution in [0.2, 0.25) is 0 Å².